The molecule has 0 amide bonds. The number of nitrogens with zero attached hydrogens (tertiary/aromatic N) is 6. The minimum absolute atomic E-state index is 0.0529. The lowest BCUT2D eigenvalue weighted by atomic mass is 9.84. The van der Waals surface area contributed by atoms with Gasteiger partial charge in [-0.25, -0.2) is 26.3 Å². The summed E-state index contributed by atoms with van der Waals surface area (Å²) in [6.45, 7) is -1.01. The van der Waals surface area contributed by atoms with Crippen LogP contribution in [0.25, 0.3) is 0 Å². The van der Waals surface area contributed by atoms with Gasteiger partial charge in [0.1, 0.15) is 35.5 Å². The van der Waals surface area contributed by atoms with E-state index in [0.29, 0.717) is 17.7 Å². The Labute approximate surface area is 258 Å². The van der Waals surface area contributed by atoms with Gasteiger partial charge in [-0.1, -0.05) is 17.9 Å². The van der Waals surface area contributed by atoms with E-state index >= 15 is 8.78 Å². The number of halogens is 5. The zero-order valence-corrected chi connectivity index (χ0v) is 24.1. The molecule has 5 aromatic rings. The van der Waals surface area contributed by atoms with Crippen molar-refractivity contribution in [2.24, 2.45) is 0 Å². The van der Waals surface area contributed by atoms with Crippen molar-refractivity contribution in [1.29, 1.82) is 5.26 Å². The Balaban J connectivity index is 1.35. The zero-order chi connectivity index (χ0) is 33.1. The molecule has 0 fully saturated rings. The van der Waals surface area contributed by atoms with E-state index in [4.69, 9.17) is 5.26 Å². The van der Waals surface area contributed by atoms with Crippen molar-refractivity contribution in [1.82, 2.24) is 25.2 Å². The minimum Gasteiger partial charge on any atom is -0.377 e. The van der Waals surface area contributed by atoms with Crippen LogP contribution in [-0.2, 0) is 33.7 Å². The molecule has 0 spiro atoms. The molecule has 0 saturated heterocycles. The summed E-state index contributed by atoms with van der Waals surface area (Å²) in [5, 5.41) is 30.2. The molecule has 1 unspecified atom stereocenters. The molecule has 2 heterocycles. The van der Waals surface area contributed by atoms with Crippen molar-refractivity contribution in [2.75, 3.05) is 0 Å². The van der Waals surface area contributed by atoms with Crippen LogP contribution >= 0.6 is 0 Å². The van der Waals surface area contributed by atoms with Crippen molar-refractivity contribution >= 4 is 9.84 Å². The zero-order valence-electron chi connectivity index (χ0n) is 23.2. The third kappa shape index (κ3) is 6.46. The van der Waals surface area contributed by atoms with Gasteiger partial charge in [-0.3, -0.25) is 4.98 Å². The molecule has 1 atom stereocenters. The Kier molecular flexibility index (Phi) is 8.65. The fraction of sp³-hybridized carbons (Fsp3) is 0.129. The van der Waals surface area contributed by atoms with Crippen LogP contribution in [0, 0.1) is 40.6 Å². The van der Waals surface area contributed by atoms with Gasteiger partial charge in [-0.15, -0.1) is 5.10 Å². The Morgan fingerprint density at radius 2 is 1.61 bits per heavy atom. The van der Waals surface area contributed by atoms with Crippen molar-refractivity contribution in [3.05, 3.63) is 136 Å². The van der Waals surface area contributed by atoms with E-state index in [1.165, 1.54) is 42.5 Å². The van der Waals surface area contributed by atoms with Gasteiger partial charge in [0.25, 0.3) is 0 Å². The first kappa shape index (κ1) is 31.9. The van der Waals surface area contributed by atoms with Crippen LogP contribution in [0.15, 0.2) is 90.2 Å². The van der Waals surface area contributed by atoms with Gasteiger partial charge in [-0.2, -0.15) is 14.0 Å². The number of rotatable bonds is 8. The second-order valence-corrected chi connectivity index (χ2v) is 11.9. The lowest BCUT2D eigenvalue weighted by Crippen LogP contribution is -2.48. The van der Waals surface area contributed by atoms with Gasteiger partial charge in [0.15, 0.2) is 15.4 Å². The lowest BCUT2D eigenvalue weighted by Gasteiger charge is -2.35. The highest BCUT2D eigenvalue weighted by atomic mass is 32.2. The monoisotopic (exact) mass is 650 g/mol. The van der Waals surface area contributed by atoms with Crippen molar-refractivity contribution in [2.45, 2.75) is 28.7 Å². The Morgan fingerprint density at radius 3 is 2.22 bits per heavy atom. The highest BCUT2D eigenvalue weighted by Gasteiger charge is 2.58. The summed E-state index contributed by atoms with van der Waals surface area (Å²) in [6.07, 6.45) is 1.94. The maximum atomic E-state index is 15.9. The summed E-state index contributed by atoms with van der Waals surface area (Å²) in [7, 11) is -3.86. The summed E-state index contributed by atoms with van der Waals surface area (Å²) in [6, 6.07) is 14.5. The number of alkyl halides is 2. The van der Waals surface area contributed by atoms with Crippen molar-refractivity contribution in [3.63, 3.8) is 0 Å². The van der Waals surface area contributed by atoms with E-state index in [1.54, 1.807) is 6.07 Å². The molecule has 0 aliphatic carbocycles. The summed E-state index contributed by atoms with van der Waals surface area (Å²) >= 11 is 0. The van der Waals surface area contributed by atoms with E-state index in [1.807, 2.05) is 0 Å². The molecule has 3 aromatic carbocycles. The molecule has 46 heavy (non-hydrogen) atoms. The Bertz CT molecular complexity index is 2110. The number of nitriles is 1. The van der Waals surface area contributed by atoms with E-state index in [-0.39, 0.29) is 21.6 Å². The largest absolute Gasteiger partial charge is 0.377 e. The van der Waals surface area contributed by atoms with Crippen LogP contribution in [0.1, 0.15) is 33.5 Å². The number of aliphatic hydroxyl groups is 1. The molecule has 9 nitrogen and oxygen atoms in total. The number of benzene rings is 3. The summed E-state index contributed by atoms with van der Waals surface area (Å²) in [4.78, 5) is 3.69. The topological polar surface area (TPSA) is 135 Å². The lowest BCUT2D eigenvalue weighted by molar-refractivity contribution is -0.207. The molecular formula is C31H19F5N6O3S. The summed E-state index contributed by atoms with van der Waals surface area (Å²) in [5.74, 6) is -2.56. The SMILES string of the molecule is N#Cc1ccc(CS(=O)(=O)c2ccc(C#Cc3ccc(C(F)(F)C(O)(Cn4cnnn4)c4ccc(F)cc4F)nc3)cc2)cc1F. The van der Waals surface area contributed by atoms with Crippen LogP contribution in [0.2, 0.25) is 0 Å². The highest BCUT2D eigenvalue weighted by molar-refractivity contribution is 7.90. The molecular weight excluding hydrogens is 631 g/mol. The van der Waals surface area contributed by atoms with Gasteiger partial charge in [0, 0.05) is 29.0 Å². The number of pyridine rings is 1. The molecule has 0 aliphatic heterocycles. The summed E-state index contributed by atoms with van der Waals surface area (Å²) in [5.41, 5.74) is -4.64. The third-order valence-electron chi connectivity index (χ3n) is 6.84. The summed E-state index contributed by atoms with van der Waals surface area (Å²) < 4.78 is 100. The number of hydrogen-bond donors (Lipinski definition) is 1. The standard InChI is InChI=1S/C31H19F5N6O3S/c32-24-8-11-26(28(34)14-24)30(43,18-42-19-39-40-41-42)31(35,36)29-12-6-21(16-38-29)2-1-20-4-9-25(10-5-20)46(44,45)17-22-3-7-23(15-37)27(33)13-22/h3-14,16,19,43H,17-18H2. The third-order valence-corrected chi connectivity index (χ3v) is 8.54. The van der Waals surface area contributed by atoms with Crippen LogP contribution in [0.3, 0.4) is 0 Å². The molecule has 1 N–H and O–H groups in total. The second kappa shape index (κ2) is 12.5. The predicted molar refractivity (Wildman–Crippen MR) is 151 cm³/mol. The van der Waals surface area contributed by atoms with E-state index in [9.17, 15) is 26.7 Å². The first-order valence-electron chi connectivity index (χ1n) is 13.1. The average Bonchev–Trinajstić information content (AvgIpc) is 3.53. The maximum Gasteiger partial charge on any atom is 0.323 e. The number of hydrogen-bond acceptors (Lipinski definition) is 8. The first-order valence-corrected chi connectivity index (χ1v) is 14.7. The quantitative estimate of drug-likeness (QED) is 0.193. The predicted octanol–water partition coefficient (Wildman–Crippen LogP) is 4.41. The minimum atomic E-state index is -4.24. The fourth-order valence-corrected chi connectivity index (χ4v) is 5.80. The number of aromatic nitrogens is 5. The fourth-order valence-electron chi connectivity index (χ4n) is 4.46. The van der Waals surface area contributed by atoms with Gasteiger partial charge in [0.05, 0.1) is 22.8 Å². The number of sulfone groups is 1. The van der Waals surface area contributed by atoms with Crippen molar-refractivity contribution < 1.29 is 35.5 Å². The highest BCUT2D eigenvalue weighted by Crippen LogP contribution is 2.46. The molecule has 232 valence electrons. The van der Waals surface area contributed by atoms with Crippen molar-refractivity contribution in [3.8, 4) is 17.9 Å². The first-order chi connectivity index (χ1) is 21.8. The normalized spacial score (nSPS) is 12.9. The van der Waals surface area contributed by atoms with E-state index in [0.717, 1.165) is 35.4 Å². The van der Waals surface area contributed by atoms with E-state index < -0.39 is 62.4 Å². The molecule has 0 saturated carbocycles. The molecule has 15 heteroatoms. The molecule has 2 aromatic heterocycles. The van der Waals surface area contributed by atoms with Gasteiger partial charge >= 0.3 is 5.92 Å². The Morgan fingerprint density at radius 1 is 0.891 bits per heavy atom. The Hall–Kier alpha value is -5.51. The smallest absolute Gasteiger partial charge is 0.323 e. The van der Waals surface area contributed by atoms with Crippen LogP contribution in [0.5, 0.6) is 0 Å². The molecule has 5 rings (SSSR count). The van der Waals surface area contributed by atoms with E-state index in [2.05, 4.69) is 32.4 Å². The molecule has 0 aliphatic rings. The van der Waals surface area contributed by atoms with Crippen LogP contribution in [0.4, 0.5) is 22.0 Å². The van der Waals surface area contributed by atoms with Gasteiger partial charge in [0.2, 0.25) is 0 Å². The molecule has 0 bridgehead atoms. The van der Waals surface area contributed by atoms with Gasteiger partial charge < -0.3 is 5.11 Å². The average molecular weight is 651 g/mol. The maximum absolute atomic E-state index is 15.9. The van der Waals surface area contributed by atoms with Gasteiger partial charge in [-0.05, 0) is 76.7 Å². The van der Waals surface area contributed by atoms with Crippen LogP contribution in [-0.4, -0.2) is 38.7 Å². The number of tetrazole rings is 1. The van der Waals surface area contributed by atoms with Crippen LogP contribution < -0.4 is 0 Å². The molecule has 0 radical (unpaired) electrons. The second-order valence-electron chi connectivity index (χ2n) is 9.96.